The Morgan fingerprint density at radius 2 is 1.62 bits per heavy atom. The third-order valence-electron chi connectivity index (χ3n) is 6.01. The molecular weight excluding hydrogens is 382 g/mol. The van der Waals surface area contributed by atoms with Crippen molar-refractivity contribution in [1.82, 2.24) is 14.7 Å². The molecule has 29 heavy (non-hydrogen) atoms. The van der Waals surface area contributed by atoms with Crippen molar-refractivity contribution < 1.29 is 4.79 Å². The number of benzene rings is 2. The molecule has 4 nitrogen and oxygen atoms in total. The molecule has 3 rings (SSSR count). The number of carbonyl (C=O) groups excluding carboxylic acids is 1. The minimum absolute atomic E-state index is 0.129. The van der Waals surface area contributed by atoms with Crippen molar-refractivity contribution in [1.29, 1.82) is 0 Å². The van der Waals surface area contributed by atoms with Gasteiger partial charge >= 0.3 is 0 Å². The molecule has 1 aliphatic rings. The Labute approximate surface area is 180 Å². The molecule has 1 heterocycles. The molecule has 0 spiro atoms. The fourth-order valence-corrected chi connectivity index (χ4v) is 4.26. The molecule has 0 aliphatic carbocycles. The van der Waals surface area contributed by atoms with Gasteiger partial charge in [-0.05, 0) is 49.3 Å². The second-order valence-electron chi connectivity index (χ2n) is 7.68. The zero-order valence-corrected chi connectivity index (χ0v) is 18.5. The van der Waals surface area contributed by atoms with E-state index in [-0.39, 0.29) is 11.9 Å². The van der Waals surface area contributed by atoms with Gasteiger partial charge in [0.25, 0.3) is 5.91 Å². The second kappa shape index (κ2) is 10.2. The largest absolute Gasteiger partial charge is 0.336 e. The van der Waals surface area contributed by atoms with Crippen molar-refractivity contribution in [3.8, 4) is 0 Å². The highest BCUT2D eigenvalue weighted by Crippen LogP contribution is 2.28. The lowest BCUT2D eigenvalue weighted by atomic mass is 10.1. The average molecular weight is 414 g/mol. The van der Waals surface area contributed by atoms with Gasteiger partial charge in [0.15, 0.2) is 0 Å². The van der Waals surface area contributed by atoms with E-state index in [1.54, 1.807) is 0 Å². The fraction of sp³-hybridized carbons (Fsp3) is 0.458. The number of nitrogens with zero attached hydrogens (tertiary/aromatic N) is 3. The van der Waals surface area contributed by atoms with Gasteiger partial charge in [-0.15, -0.1) is 0 Å². The highest BCUT2D eigenvalue weighted by atomic mass is 35.5. The second-order valence-corrected chi connectivity index (χ2v) is 8.09. The first-order valence-corrected chi connectivity index (χ1v) is 11.0. The third kappa shape index (κ3) is 5.39. The van der Waals surface area contributed by atoms with E-state index in [4.69, 9.17) is 11.6 Å². The predicted octanol–water partition coefficient (Wildman–Crippen LogP) is 4.70. The maximum atomic E-state index is 12.9. The SMILES string of the molecule is CCN(CC)Cc1ccc(C(=O)N2CCN(C(C)c3ccccc3Cl)CC2)cc1. The van der Waals surface area contributed by atoms with Gasteiger partial charge < -0.3 is 4.90 Å². The summed E-state index contributed by atoms with van der Waals surface area (Å²) in [6.45, 7) is 12.7. The summed E-state index contributed by atoms with van der Waals surface area (Å²) in [5.74, 6) is 0.129. The molecule has 1 fully saturated rings. The summed E-state index contributed by atoms with van der Waals surface area (Å²) in [5.41, 5.74) is 3.18. The number of rotatable bonds is 7. The number of hydrogen-bond acceptors (Lipinski definition) is 3. The van der Waals surface area contributed by atoms with E-state index in [2.05, 4.69) is 48.8 Å². The molecule has 1 saturated heterocycles. The summed E-state index contributed by atoms with van der Waals surface area (Å²) in [7, 11) is 0. The summed E-state index contributed by atoms with van der Waals surface area (Å²) in [5, 5.41) is 0.809. The molecule has 2 aromatic carbocycles. The van der Waals surface area contributed by atoms with Gasteiger partial charge in [-0.25, -0.2) is 0 Å². The first-order valence-electron chi connectivity index (χ1n) is 10.6. The van der Waals surface area contributed by atoms with Gasteiger partial charge in [-0.3, -0.25) is 14.6 Å². The standard InChI is InChI=1S/C24H32ClN3O/c1-4-26(5-2)18-20-10-12-21(13-11-20)24(29)28-16-14-27(15-17-28)19(3)22-8-6-7-9-23(22)25/h6-13,19H,4-5,14-18H2,1-3H3. The molecule has 1 amide bonds. The maximum Gasteiger partial charge on any atom is 0.253 e. The van der Waals surface area contributed by atoms with E-state index in [9.17, 15) is 4.79 Å². The minimum Gasteiger partial charge on any atom is -0.336 e. The lowest BCUT2D eigenvalue weighted by Crippen LogP contribution is -2.49. The Morgan fingerprint density at radius 1 is 1.00 bits per heavy atom. The van der Waals surface area contributed by atoms with E-state index in [0.29, 0.717) is 0 Å². The molecule has 5 heteroatoms. The fourth-order valence-electron chi connectivity index (χ4n) is 3.96. The van der Waals surface area contributed by atoms with Crippen LogP contribution in [0.5, 0.6) is 0 Å². The lowest BCUT2D eigenvalue weighted by molar-refractivity contribution is 0.0582. The van der Waals surface area contributed by atoms with E-state index in [1.807, 2.05) is 35.2 Å². The van der Waals surface area contributed by atoms with Gasteiger partial charge in [0.1, 0.15) is 0 Å². The van der Waals surface area contributed by atoms with E-state index >= 15 is 0 Å². The smallest absolute Gasteiger partial charge is 0.253 e. The van der Waals surface area contributed by atoms with Crippen LogP contribution in [0.2, 0.25) is 5.02 Å². The van der Waals surface area contributed by atoms with Gasteiger partial charge in [0.2, 0.25) is 0 Å². The molecule has 2 aromatic rings. The zero-order chi connectivity index (χ0) is 20.8. The monoisotopic (exact) mass is 413 g/mol. The predicted molar refractivity (Wildman–Crippen MR) is 120 cm³/mol. The van der Waals surface area contributed by atoms with Crippen molar-refractivity contribution in [2.45, 2.75) is 33.4 Å². The van der Waals surface area contributed by atoms with Crippen LogP contribution in [0.3, 0.4) is 0 Å². The van der Waals surface area contributed by atoms with Crippen LogP contribution in [0, 0.1) is 0 Å². The number of carbonyl (C=O) groups is 1. The maximum absolute atomic E-state index is 12.9. The molecule has 1 atom stereocenters. The molecule has 0 radical (unpaired) electrons. The zero-order valence-electron chi connectivity index (χ0n) is 17.8. The molecule has 0 N–H and O–H groups in total. The summed E-state index contributed by atoms with van der Waals surface area (Å²) < 4.78 is 0. The Balaban J connectivity index is 1.56. The molecule has 0 saturated carbocycles. The Bertz CT molecular complexity index is 796. The van der Waals surface area contributed by atoms with Crippen LogP contribution in [0.4, 0.5) is 0 Å². The molecule has 1 unspecified atom stereocenters. The Kier molecular flexibility index (Phi) is 7.70. The quantitative estimate of drug-likeness (QED) is 0.658. The normalized spacial score (nSPS) is 16.2. The van der Waals surface area contributed by atoms with Crippen LogP contribution in [0.15, 0.2) is 48.5 Å². The van der Waals surface area contributed by atoms with Gasteiger partial charge in [-0.1, -0.05) is 55.8 Å². The van der Waals surface area contributed by atoms with Crippen LogP contribution in [-0.2, 0) is 6.54 Å². The Morgan fingerprint density at radius 3 is 2.21 bits per heavy atom. The summed E-state index contributed by atoms with van der Waals surface area (Å²) in [4.78, 5) is 19.7. The Hall–Kier alpha value is -1.88. The van der Waals surface area contributed by atoms with Crippen molar-refractivity contribution in [2.75, 3.05) is 39.3 Å². The van der Waals surface area contributed by atoms with Crippen LogP contribution in [-0.4, -0.2) is 59.9 Å². The van der Waals surface area contributed by atoms with E-state index < -0.39 is 0 Å². The average Bonchev–Trinajstić information content (AvgIpc) is 2.77. The number of hydrogen-bond donors (Lipinski definition) is 0. The van der Waals surface area contributed by atoms with E-state index in [0.717, 1.165) is 62.0 Å². The van der Waals surface area contributed by atoms with Gasteiger partial charge in [0.05, 0.1) is 0 Å². The number of piperazine rings is 1. The van der Waals surface area contributed by atoms with Crippen LogP contribution >= 0.6 is 11.6 Å². The summed E-state index contributed by atoms with van der Waals surface area (Å²) in [6, 6.07) is 16.4. The van der Waals surface area contributed by atoms with Crippen LogP contribution in [0.1, 0.15) is 48.3 Å². The van der Waals surface area contributed by atoms with Crippen molar-refractivity contribution in [3.05, 3.63) is 70.2 Å². The van der Waals surface area contributed by atoms with E-state index in [1.165, 1.54) is 5.56 Å². The summed E-state index contributed by atoms with van der Waals surface area (Å²) >= 11 is 6.37. The van der Waals surface area contributed by atoms with Gasteiger partial charge in [0, 0.05) is 49.4 Å². The third-order valence-corrected chi connectivity index (χ3v) is 6.35. The highest BCUT2D eigenvalue weighted by molar-refractivity contribution is 6.31. The molecule has 0 bridgehead atoms. The lowest BCUT2D eigenvalue weighted by Gasteiger charge is -2.38. The topological polar surface area (TPSA) is 26.8 Å². The number of halogens is 1. The van der Waals surface area contributed by atoms with Crippen molar-refractivity contribution >= 4 is 17.5 Å². The summed E-state index contributed by atoms with van der Waals surface area (Å²) in [6.07, 6.45) is 0. The van der Waals surface area contributed by atoms with Crippen LogP contribution < -0.4 is 0 Å². The first kappa shape index (κ1) is 21.8. The highest BCUT2D eigenvalue weighted by Gasteiger charge is 2.26. The van der Waals surface area contributed by atoms with Crippen molar-refractivity contribution in [3.63, 3.8) is 0 Å². The first-order chi connectivity index (χ1) is 14.0. The van der Waals surface area contributed by atoms with Crippen LogP contribution in [0.25, 0.3) is 0 Å². The molecule has 156 valence electrons. The minimum atomic E-state index is 0.129. The molecule has 0 aromatic heterocycles. The number of amides is 1. The van der Waals surface area contributed by atoms with Crippen molar-refractivity contribution in [2.24, 2.45) is 0 Å². The molecular formula is C24H32ClN3O. The molecule has 1 aliphatic heterocycles. The van der Waals surface area contributed by atoms with Gasteiger partial charge in [-0.2, -0.15) is 0 Å².